The first-order valence-corrected chi connectivity index (χ1v) is 7.53. The van der Waals surface area contributed by atoms with Crippen molar-refractivity contribution in [2.24, 2.45) is 0 Å². The quantitative estimate of drug-likeness (QED) is 0.819. The van der Waals surface area contributed by atoms with Crippen LogP contribution in [0, 0.1) is 0 Å². The van der Waals surface area contributed by atoms with E-state index < -0.39 is 16.1 Å². The van der Waals surface area contributed by atoms with Crippen molar-refractivity contribution < 1.29 is 13.2 Å². The monoisotopic (exact) mass is 305 g/mol. The van der Waals surface area contributed by atoms with Gasteiger partial charge in [-0.2, -0.15) is 4.72 Å². The summed E-state index contributed by atoms with van der Waals surface area (Å²) in [5, 5.41) is 0.0764. The smallest absolute Gasteiger partial charge is 0.241 e. The molecule has 0 radical (unpaired) electrons. The van der Waals surface area contributed by atoms with Crippen molar-refractivity contribution in [2.75, 3.05) is 13.6 Å². The van der Waals surface area contributed by atoms with Crippen molar-refractivity contribution in [2.45, 2.75) is 24.8 Å². The fourth-order valence-electron chi connectivity index (χ4n) is 1.39. The summed E-state index contributed by atoms with van der Waals surface area (Å²) in [5.74, 6) is -0.300. The number of nitrogens with zero attached hydrogens (tertiary/aromatic N) is 2. The number of halogens is 1. The van der Waals surface area contributed by atoms with Crippen molar-refractivity contribution in [3.05, 3.63) is 23.5 Å². The molecule has 1 aromatic heterocycles. The Morgan fingerprint density at radius 3 is 2.74 bits per heavy atom. The zero-order valence-corrected chi connectivity index (χ0v) is 12.5. The number of hydrogen-bond donors (Lipinski definition) is 1. The van der Waals surface area contributed by atoms with E-state index in [-0.39, 0.29) is 16.0 Å². The Hall–Kier alpha value is -1.18. The molecule has 0 fully saturated rings. The molecule has 106 valence electrons. The van der Waals surface area contributed by atoms with Gasteiger partial charge in [-0.1, -0.05) is 11.6 Å². The van der Waals surface area contributed by atoms with Gasteiger partial charge in [0.2, 0.25) is 15.9 Å². The molecule has 0 bridgehead atoms. The third-order valence-corrected chi connectivity index (χ3v) is 4.31. The molecule has 0 aliphatic heterocycles. The lowest BCUT2D eigenvalue weighted by Crippen LogP contribution is -2.45. The van der Waals surface area contributed by atoms with Crippen LogP contribution < -0.4 is 4.72 Å². The first-order valence-electron chi connectivity index (χ1n) is 5.66. The van der Waals surface area contributed by atoms with E-state index in [4.69, 9.17) is 11.6 Å². The fourth-order valence-corrected chi connectivity index (χ4v) is 2.84. The number of sulfonamides is 1. The Morgan fingerprint density at radius 2 is 2.21 bits per heavy atom. The normalized spacial score (nSPS) is 13.1. The van der Waals surface area contributed by atoms with Crippen LogP contribution in [0.5, 0.6) is 0 Å². The third-order valence-electron chi connectivity index (χ3n) is 2.56. The molecule has 1 rings (SSSR count). The third kappa shape index (κ3) is 4.15. The maximum Gasteiger partial charge on any atom is 0.241 e. The van der Waals surface area contributed by atoms with Crippen LogP contribution in [0.3, 0.4) is 0 Å². The molecule has 0 aromatic carbocycles. The summed E-state index contributed by atoms with van der Waals surface area (Å²) in [6.45, 7) is 3.81. The molecule has 1 unspecified atom stereocenters. The van der Waals surface area contributed by atoms with Crippen LogP contribution in [-0.2, 0) is 14.8 Å². The highest BCUT2D eigenvalue weighted by molar-refractivity contribution is 7.89. The molecule has 1 aromatic rings. The number of carbonyl (C=O) groups is 1. The van der Waals surface area contributed by atoms with Gasteiger partial charge in [0.25, 0.3) is 0 Å². The zero-order valence-electron chi connectivity index (χ0n) is 10.9. The lowest BCUT2D eigenvalue weighted by Gasteiger charge is -2.20. The van der Waals surface area contributed by atoms with Gasteiger partial charge in [-0.05, 0) is 26.0 Å². The Balaban J connectivity index is 2.89. The van der Waals surface area contributed by atoms with Gasteiger partial charge in [-0.25, -0.2) is 13.4 Å². The number of pyridine rings is 1. The first-order chi connectivity index (χ1) is 8.77. The van der Waals surface area contributed by atoms with Gasteiger partial charge in [-0.3, -0.25) is 4.79 Å². The molecule has 0 aliphatic rings. The van der Waals surface area contributed by atoms with Crippen molar-refractivity contribution in [3.63, 3.8) is 0 Å². The molecule has 0 saturated heterocycles. The number of carbonyl (C=O) groups excluding carboxylic acids is 1. The summed E-state index contributed by atoms with van der Waals surface area (Å²) in [6.07, 6.45) is 1.29. The van der Waals surface area contributed by atoms with Crippen LogP contribution in [0.25, 0.3) is 0 Å². The predicted octanol–water partition coefficient (Wildman–Crippen LogP) is 0.880. The molecular weight excluding hydrogens is 290 g/mol. The number of nitrogens with one attached hydrogen (secondary N) is 1. The Morgan fingerprint density at radius 1 is 1.58 bits per heavy atom. The lowest BCUT2D eigenvalue weighted by atomic mass is 10.3. The molecule has 19 heavy (non-hydrogen) atoms. The molecule has 1 atom stereocenters. The molecule has 0 saturated carbocycles. The SMILES string of the molecule is CCN(C)C(=O)C(C)NS(=O)(=O)c1ccnc(Cl)c1. The van der Waals surface area contributed by atoms with Gasteiger partial charge >= 0.3 is 0 Å². The molecule has 0 spiro atoms. The predicted molar refractivity (Wildman–Crippen MR) is 72.3 cm³/mol. The minimum atomic E-state index is -3.79. The van der Waals surface area contributed by atoms with Crippen LogP contribution in [0.2, 0.25) is 5.15 Å². The minimum absolute atomic E-state index is 0.0219. The summed E-state index contributed by atoms with van der Waals surface area (Å²) in [7, 11) is -2.18. The maximum atomic E-state index is 12.0. The van der Waals surface area contributed by atoms with Gasteiger partial charge in [0.1, 0.15) is 5.15 Å². The molecule has 1 heterocycles. The number of likely N-dealkylation sites (N-methyl/N-ethyl adjacent to an activating group) is 1. The van der Waals surface area contributed by atoms with Crippen molar-refractivity contribution >= 4 is 27.5 Å². The molecule has 6 nitrogen and oxygen atoms in total. The van der Waals surface area contributed by atoms with Gasteiger partial charge < -0.3 is 4.90 Å². The highest BCUT2D eigenvalue weighted by atomic mass is 35.5. The van der Waals surface area contributed by atoms with Crippen molar-refractivity contribution in [3.8, 4) is 0 Å². The minimum Gasteiger partial charge on any atom is -0.345 e. The second-order valence-corrected chi connectivity index (χ2v) is 6.11. The van der Waals surface area contributed by atoms with E-state index in [1.54, 1.807) is 7.05 Å². The van der Waals surface area contributed by atoms with Crippen LogP contribution in [0.4, 0.5) is 0 Å². The lowest BCUT2D eigenvalue weighted by molar-refractivity contribution is -0.131. The van der Waals surface area contributed by atoms with Gasteiger partial charge in [0.15, 0.2) is 0 Å². The van der Waals surface area contributed by atoms with E-state index in [2.05, 4.69) is 9.71 Å². The molecule has 1 N–H and O–H groups in total. The molecular formula is C11H16ClN3O3S. The van der Waals surface area contributed by atoms with Crippen LogP contribution in [0.1, 0.15) is 13.8 Å². The fraction of sp³-hybridized carbons (Fsp3) is 0.455. The summed E-state index contributed by atoms with van der Waals surface area (Å²) < 4.78 is 26.4. The first kappa shape index (κ1) is 15.9. The average Bonchev–Trinajstić information content (AvgIpc) is 2.36. The van der Waals surface area contributed by atoms with E-state index in [1.807, 2.05) is 6.92 Å². The van der Waals surface area contributed by atoms with Crippen molar-refractivity contribution in [1.29, 1.82) is 0 Å². The van der Waals surface area contributed by atoms with Crippen LogP contribution >= 0.6 is 11.6 Å². The topological polar surface area (TPSA) is 79.4 Å². The zero-order chi connectivity index (χ0) is 14.6. The van der Waals surface area contributed by atoms with E-state index in [1.165, 1.54) is 30.2 Å². The highest BCUT2D eigenvalue weighted by Gasteiger charge is 2.23. The molecule has 0 aliphatic carbocycles. The summed E-state index contributed by atoms with van der Waals surface area (Å²) >= 11 is 5.64. The summed E-state index contributed by atoms with van der Waals surface area (Å²) in [4.78, 5) is 16.9. The molecule has 1 amide bonds. The Bertz CT molecular complexity index is 562. The number of amides is 1. The second kappa shape index (κ2) is 6.31. The maximum absolute atomic E-state index is 12.0. The van der Waals surface area contributed by atoms with Crippen LogP contribution in [-0.4, -0.2) is 43.8 Å². The Kier molecular flexibility index (Phi) is 5.28. The number of rotatable bonds is 5. The average molecular weight is 306 g/mol. The highest BCUT2D eigenvalue weighted by Crippen LogP contribution is 2.13. The summed E-state index contributed by atoms with van der Waals surface area (Å²) in [6, 6.07) is 1.70. The van der Waals surface area contributed by atoms with E-state index in [0.717, 1.165) is 0 Å². The second-order valence-electron chi connectivity index (χ2n) is 4.01. The van der Waals surface area contributed by atoms with Gasteiger partial charge in [0, 0.05) is 19.8 Å². The van der Waals surface area contributed by atoms with E-state index in [9.17, 15) is 13.2 Å². The standard InChI is InChI=1S/C11H16ClN3O3S/c1-4-15(3)11(16)8(2)14-19(17,18)9-5-6-13-10(12)7-9/h5-8,14H,4H2,1-3H3. The largest absolute Gasteiger partial charge is 0.345 e. The Labute approximate surface area is 117 Å². The van der Waals surface area contributed by atoms with Gasteiger partial charge in [0.05, 0.1) is 10.9 Å². The van der Waals surface area contributed by atoms with E-state index >= 15 is 0 Å². The van der Waals surface area contributed by atoms with Crippen molar-refractivity contribution in [1.82, 2.24) is 14.6 Å². The summed E-state index contributed by atoms with van der Waals surface area (Å²) in [5.41, 5.74) is 0. The van der Waals surface area contributed by atoms with Gasteiger partial charge in [-0.15, -0.1) is 0 Å². The molecule has 8 heteroatoms. The van der Waals surface area contributed by atoms with E-state index in [0.29, 0.717) is 6.54 Å². The van der Waals surface area contributed by atoms with Crippen LogP contribution in [0.15, 0.2) is 23.2 Å². The number of hydrogen-bond acceptors (Lipinski definition) is 4. The number of aromatic nitrogens is 1.